The average Bonchev–Trinajstić information content (AvgIpc) is 3.12. The summed E-state index contributed by atoms with van der Waals surface area (Å²) in [6, 6.07) is 1.96. The Morgan fingerprint density at radius 2 is 2.00 bits per heavy atom. The maximum atomic E-state index is 12.4. The minimum atomic E-state index is 0.0796. The molecule has 1 aromatic heterocycles. The van der Waals surface area contributed by atoms with Crippen molar-refractivity contribution in [2.24, 2.45) is 5.92 Å². The number of methoxy groups -OCH3 is 1. The van der Waals surface area contributed by atoms with Crippen LogP contribution in [0.2, 0.25) is 0 Å². The number of hydrogen-bond acceptors (Lipinski definition) is 6. The van der Waals surface area contributed by atoms with Gasteiger partial charge in [-0.25, -0.2) is 9.97 Å². The summed E-state index contributed by atoms with van der Waals surface area (Å²) in [6.07, 6.45) is 2.83. The molecule has 30 heavy (non-hydrogen) atoms. The number of carbonyl (C=O) groups excluding carboxylic acids is 2. The van der Waals surface area contributed by atoms with Crippen LogP contribution in [0.3, 0.4) is 0 Å². The van der Waals surface area contributed by atoms with Crippen LogP contribution >= 0.6 is 0 Å². The molecule has 0 saturated carbocycles. The Kier molecular flexibility index (Phi) is 7.64. The molecular formula is C22H35N5O3. The fraction of sp³-hybridized carbons (Fsp3) is 0.727. The number of likely N-dealkylation sites (tertiary alicyclic amines) is 2. The van der Waals surface area contributed by atoms with Gasteiger partial charge in [0.05, 0.1) is 12.3 Å². The number of rotatable bonds is 8. The lowest BCUT2D eigenvalue weighted by molar-refractivity contribution is -0.133. The summed E-state index contributed by atoms with van der Waals surface area (Å²) in [5.41, 5.74) is 0.927. The number of ether oxygens (including phenoxy) is 1. The quantitative estimate of drug-likeness (QED) is 0.698. The van der Waals surface area contributed by atoms with Crippen molar-refractivity contribution in [1.82, 2.24) is 19.8 Å². The largest absolute Gasteiger partial charge is 0.383 e. The lowest BCUT2D eigenvalue weighted by Crippen LogP contribution is -2.38. The van der Waals surface area contributed by atoms with Gasteiger partial charge in [0.15, 0.2) is 0 Å². The molecule has 166 valence electrons. The first-order valence-corrected chi connectivity index (χ1v) is 11.0. The minimum Gasteiger partial charge on any atom is -0.383 e. The molecule has 2 aliphatic heterocycles. The van der Waals surface area contributed by atoms with Crippen LogP contribution in [-0.4, -0.2) is 78.5 Å². The fourth-order valence-corrected chi connectivity index (χ4v) is 4.26. The minimum absolute atomic E-state index is 0.0796. The van der Waals surface area contributed by atoms with Crippen molar-refractivity contribution in [3.05, 3.63) is 17.6 Å². The van der Waals surface area contributed by atoms with Gasteiger partial charge in [0.2, 0.25) is 11.8 Å². The van der Waals surface area contributed by atoms with E-state index in [1.165, 1.54) is 0 Å². The van der Waals surface area contributed by atoms with Gasteiger partial charge in [-0.2, -0.15) is 0 Å². The summed E-state index contributed by atoms with van der Waals surface area (Å²) >= 11 is 0. The van der Waals surface area contributed by atoms with Crippen molar-refractivity contribution in [2.45, 2.75) is 51.4 Å². The van der Waals surface area contributed by atoms with Crippen molar-refractivity contribution < 1.29 is 14.3 Å². The van der Waals surface area contributed by atoms with Crippen molar-refractivity contribution in [2.75, 3.05) is 52.3 Å². The lowest BCUT2D eigenvalue weighted by Gasteiger charge is -2.32. The third kappa shape index (κ3) is 5.47. The zero-order valence-electron chi connectivity index (χ0n) is 18.7. The van der Waals surface area contributed by atoms with Crippen LogP contribution in [0, 0.1) is 5.92 Å². The summed E-state index contributed by atoms with van der Waals surface area (Å²) < 4.78 is 5.12. The van der Waals surface area contributed by atoms with E-state index in [4.69, 9.17) is 14.7 Å². The van der Waals surface area contributed by atoms with E-state index in [-0.39, 0.29) is 23.7 Å². The van der Waals surface area contributed by atoms with E-state index in [1.807, 2.05) is 22.9 Å². The Balaban J connectivity index is 1.68. The molecule has 3 heterocycles. The SMILES string of the molecule is CNc1cc([C@@H]2CC(=O)N(CCOC)C2)nc(C2CCN(C(=O)CC(C)C)CC2)n1. The van der Waals surface area contributed by atoms with Gasteiger partial charge < -0.3 is 19.9 Å². The van der Waals surface area contributed by atoms with Gasteiger partial charge in [-0.15, -0.1) is 0 Å². The van der Waals surface area contributed by atoms with Gasteiger partial charge in [-0.05, 0) is 18.8 Å². The molecule has 0 bridgehead atoms. The number of carbonyl (C=O) groups is 2. The predicted octanol–water partition coefficient (Wildman–Crippen LogP) is 2.23. The van der Waals surface area contributed by atoms with Crippen LogP contribution in [0.5, 0.6) is 0 Å². The normalized spacial score (nSPS) is 20.3. The van der Waals surface area contributed by atoms with Crippen molar-refractivity contribution in [3.63, 3.8) is 0 Å². The topological polar surface area (TPSA) is 87.7 Å². The Morgan fingerprint density at radius 1 is 1.27 bits per heavy atom. The van der Waals surface area contributed by atoms with Gasteiger partial charge >= 0.3 is 0 Å². The standard InChI is InChI=1S/C22H35N5O3/c1-15(2)11-20(28)26-7-5-16(6-8-26)22-24-18(13-19(23-3)25-22)17-12-21(29)27(14-17)9-10-30-4/h13,15-17H,5-12,14H2,1-4H3,(H,23,24,25)/t17-/m1/s1. The van der Waals surface area contributed by atoms with Crippen LogP contribution in [0.1, 0.15) is 62.9 Å². The average molecular weight is 418 g/mol. The highest BCUT2D eigenvalue weighted by Gasteiger charge is 2.33. The second-order valence-corrected chi connectivity index (χ2v) is 8.77. The molecule has 2 saturated heterocycles. The van der Waals surface area contributed by atoms with E-state index in [9.17, 15) is 9.59 Å². The number of anilines is 1. The Hall–Kier alpha value is -2.22. The molecule has 1 N–H and O–H groups in total. The Morgan fingerprint density at radius 3 is 2.63 bits per heavy atom. The zero-order chi connectivity index (χ0) is 21.7. The Bertz CT molecular complexity index is 746. The molecular weight excluding hydrogens is 382 g/mol. The van der Waals surface area contributed by atoms with E-state index in [2.05, 4.69) is 19.2 Å². The molecule has 2 aliphatic rings. The number of hydrogen-bond donors (Lipinski definition) is 1. The molecule has 2 amide bonds. The molecule has 2 fully saturated rings. The number of nitrogens with zero attached hydrogens (tertiary/aromatic N) is 4. The monoisotopic (exact) mass is 417 g/mol. The molecule has 0 radical (unpaired) electrons. The summed E-state index contributed by atoms with van der Waals surface area (Å²) in [5, 5.41) is 3.14. The van der Waals surface area contributed by atoms with Crippen molar-refractivity contribution >= 4 is 17.6 Å². The first kappa shape index (κ1) is 22.5. The van der Waals surface area contributed by atoms with E-state index in [1.54, 1.807) is 7.11 Å². The van der Waals surface area contributed by atoms with E-state index >= 15 is 0 Å². The first-order chi connectivity index (χ1) is 14.4. The summed E-state index contributed by atoms with van der Waals surface area (Å²) in [6.45, 7) is 7.50. The molecule has 0 unspecified atom stereocenters. The summed E-state index contributed by atoms with van der Waals surface area (Å²) in [7, 11) is 3.50. The maximum Gasteiger partial charge on any atom is 0.223 e. The van der Waals surface area contributed by atoms with Crippen LogP contribution in [0.4, 0.5) is 5.82 Å². The molecule has 0 spiro atoms. The predicted molar refractivity (Wildman–Crippen MR) is 115 cm³/mol. The highest BCUT2D eigenvalue weighted by molar-refractivity contribution is 5.79. The summed E-state index contributed by atoms with van der Waals surface area (Å²) in [4.78, 5) is 38.1. The van der Waals surface area contributed by atoms with Crippen molar-refractivity contribution in [3.8, 4) is 0 Å². The third-order valence-electron chi connectivity index (χ3n) is 6.01. The highest BCUT2D eigenvalue weighted by atomic mass is 16.5. The first-order valence-electron chi connectivity index (χ1n) is 11.0. The number of aromatic nitrogens is 2. The van der Waals surface area contributed by atoms with Gasteiger partial charge in [0, 0.05) is 71.1 Å². The second kappa shape index (κ2) is 10.2. The molecule has 8 heteroatoms. The van der Waals surface area contributed by atoms with Crippen LogP contribution in [0.15, 0.2) is 6.07 Å². The van der Waals surface area contributed by atoms with E-state index < -0.39 is 0 Å². The van der Waals surface area contributed by atoms with Crippen LogP contribution in [0.25, 0.3) is 0 Å². The molecule has 0 aliphatic carbocycles. The summed E-state index contributed by atoms with van der Waals surface area (Å²) in [5.74, 6) is 2.71. The molecule has 0 aromatic carbocycles. The number of nitrogens with one attached hydrogen (secondary N) is 1. The van der Waals surface area contributed by atoms with Gasteiger partial charge in [0.25, 0.3) is 0 Å². The molecule has 3 rings (SSSR count). The van der Waals surface area contributed by atoms with Crippen LogP contribution < -0.4 is 5.32 Å². The van der Waals surface area contributed by atoms with Gasteiger partial charge in [-0.1, -0.05) is 13.8 Å². The zero-order valence-corrected chi connectivity index (χ0v) is 18.7. The second-order valence-electron chi connectivity index (χ2n) is 8.77. The van der Waals surface area contributed by atoms with E-state index in [0.717, 1.165) is 43.3 Å². The van der Waals surface area contributed by atoms with Gasteiger partial charge in [0.1, 0.15) is 11.6 Å². The Labute approximate surface area is 179 Å². The van der Waals surface area contributed by atoms with E-state index in [0.29, 0.717) is 38.5 Å². The smallest absolute Gasteiger partial charge is 0.223 e. The highest BCUT2D eigenvalue weighted by Crippen LogP contribution is 2.32. The maximum absolute atomic E-state index is 12.4. The molecule has 1 aromatic rings. The lowest BCUT2D eigenvalue weighted by atomic mass is 9.94. The van der Waals surface area contributed by atoms with Crippen LogP contribution in [-0.2, 0) is 14.3 Å². The number of amides is 2. The molecule has 1 atom stereocenters. The number of piperidine rings is 1. The van der Waals surface area contributed by atoms with Crippen molar-refractivity contribution in [1.29, 1.82) is 0 Å². The third-order valence-corrected chi connectivity index (χ3v) is 6.01. The van der Waals surface area contributed by atoms with Gasteiger partial charge in [-0.3, -0.25) is 9.59 Å². The molecule has 8 nitrogen and oxygen atoms in total. The fourth-order valence-electron chi connectivity index (χ4n) is 4.26.